The van der Waals surface area contributed by atoms with Gasteiger partial charge in [-0.15, -0.1) is 0 Å². The standard InChI is InChI=1S/C13H18F3NO/c1-3-17-12(9-13(14,15)16)10-6-5-7-11(8-10)18-4-2/h5-8,12,17H,3-4,9H2,1-2H3. The molecule has 0 aromatic heterocycles. The number of halogens is 3. The summed E-state index contributed by atoms with van der Waals surface area (Å²) in [5.41, 5.74) is 0.597. The van der Waals surface area contributed by atoms with Gasteiger partial charge in [-0.3, -0.25) is 0 Å². The van der Waals surface area contributed by atoms with Crippen molar-refractivity contribution in [1.29, 1.82) is 0 Å². The molecule has 1 N–H and O–H groups in total. The van der Waals surface area contributed by atoms with Crippen LogP contribution in [-0.4, -0.2) is 19.3 Å². The largest absolute Gasteiger partial charge is 0.494 e. The molecule has 0 saturated heterocycles. The highest BCUT2D eigenvalue weighted by atomic mass is 19.4. The molecule has 0 saturated carbocycles. The van der Waals surface area contributed by atoms with Crippen molar-refractivity contribution in [3.05, 3.63) is 29.8 Å². The van der Waals surface area contributed by atoms with Gasteiger partial charge in [-0.2, -0.15) is 13.2 Å². The molecule has 0 aliphatic heterocycles. The molecule has 5 heteroatoms. The van der Waals surface area contributed by atoms with Crippen LogP contribution in [0.3, 0.4) is 0 Å². The van der Waals surface area contributed by atoms with Crippen molar-refractivity contribution in [1.82, 2.24) is 5.32 Å². The van der Waals surface area contributed by atoms with Gasteiger partial charge in [0.25, 0.3) is 0 Å². The van der Waals surface area contributed by atoms with Crippen molar-refractivity contribution < 1.29 is 17.9 Å². The first-order chi connectivity index (χ1) is 8.46. The Morgan fingerprint density at radius 2 is 2.00 bits per heavy atom. The second-order valence-corrected chi connectivity index (χ2v) is 3.94. The second-order valence-electron chi connectivity index (χ2n) is 3.94. The van der Waals surface area contributed by atoms with E-state index in [0.29, 0.717) is 24.5 Å². The molecule has 0 aliphatic rings. The van der Waals surface area contributed by atoms with E-state index in [1.54, 1.807) is 31.2 Å². The van der Waals surface area contributed by atoms with Crippen LogP contribution in [0.4, 0.5) is 13.2 Å². The molecular weight excluding hydrogens is 243 g/mol. The van der Waals surface area contributed by atoms with E-state index in [2.05, 4.69) is 5.32 Å². The van der Waals surface area contributed by atoms with Crippen LogP contribution in [0.25, 0.3) is 0 Å². The van der Waals surface area contributed by atoms with Crippen LogP contribution in [0.2, 0.25) is 0 Å². The molecule has 1 rings (SSSR count). The molecule has 0 aliphatic carbocycles. The molecule has 0 amide bonds. The van der Waals surface area contributed by atoms with Gasteiger partial charge in [0.15, 0.2) is 0 Å². The van der Waals surface area contributed by atoms with Gasteiger partial charge in [0.2, 0.25) is 0 Å². The zero-order valence-electron chi connectivity index (χ0n) is 10.6. The highest BCUT2D eigenvalue weighted by Gasteiger charge is 2.32. The van der Waals surface area contributed by atoms with Crippen molar-refractivity contribution in [2.24, 2.45) is 0 Å². The highest BCUT2D eigenvalue weighted by molar-refractivity contribution is 5.30. The van der Waals surface area contributed by atoms with Crippen LogP contribution in [0.5, 0.6) is 5.75 Å². The molecule has 0 spiro atoms. The first kappa shape index (κ1) is 14.8. The lowest BCUT2D eigenvalue weighted by molar-refractivity contribution is -0.140. The summed E-state index contributed by atoms with van der Waals surface area (Å²) in [6.07, 6.45) is -5.06. The Hall–Kier alpha value is -1.23. The van der Waals surface area contributed by atoms with E-state index in [1.807, 2.05) is 6.92 Å². The molecule has 0 heterocycles. The third kappa shape index (κ3) is 4.96. The number of rotatable bonds is 6. The van der Waals surface area contributed by atoms with Crippen LogP contribution >= 0.6 is 0 Å². The maximum absolute atomic E-state index is 12.5. The van der Waals surface area contributed by atoms with Crippen LogP contribution < -0.4 is 10.1 Å². The molecule has 0 radical (unpaired) electrons. The summed E-state index contributed by atoms with van der Waals surface area (Å²) in [6.45, 7) is 4.61. The van der Waals surface area contributed by atoms with Crippen molar-refractivity contribution in [3.63, 3.8) is 0 Å². The van der Waals surface area contributed by atoms with Crippen LogP contribution in [0, 0.1) is 0 Å². The van der Waals surface area contributed by atoms with Gasteiger partial charge in [0.1, 0.15) is 5.75 Å². The Balaban J connectivity index is 2.87. The summed E-state index contributed by atoms with van der Waals surface area (Å²) in [6, 6.07) is 6.06. The van der Waals surface area contributed by atoms with E-state index in [1.165, 1.54) is 0 Å². The van der Waals surface area contributed by atoms with E-state index in [4.69, 9.17) is 4.74 Å². The van der Waals surface area contributed by atoms with Gasteiger partial charge in [-0.25, -0.2) is 0 Å². The Labute approximate surface area is 105 Å². The molecule has 1 aromatic rings. The Morgan fingerprint density at radius 1 is 1.28 bits per heavy atom. The van der Waals surface area contributed by atoms with Gasteiger partial charge >= 0.3 is 6.18 Å². The summed E-state index contributed by atoms with van der Waals surface area (Å²) < 4.78 is 42.8. The Bertz CT molecular complexity index is 365. The van der Waals surface area contributed by atoms with Crippen molar-refractivity contribution in [2.75, 3.05) is 13.2 Å². The molecule has 0 bridgehead atoms. The number of alkyl halides is 3. The molecule has 1 unspecified atom stereocenters. The molecule has 18 heavy (non-hydrogen) atoms. The SMILES string of the molecule is CCNC(CC(F)(F)F)c1cccc(OCC)c1. The summed E-state index contributed by atoms with van der Waals surface area (Å²) in [4.78, 5) is 0. The topological polar surface area (TPSA) is 21.3 Å². The van der Waals surface area contributed by atoms with Gasteiger partial charge in [0, 0.05) is 6.04 Å². The van der Waals surface area contributed by atoms with Crippen molar-refractivity contribution in [3.8, 4) is 5.75 Å². The quantitative estimate of drug-likeness (QED) is 0.843. The van der Waals surface area contributed by atoms with E-state index >= 15 is 0 Å². The second kappa shape index (κ2) is 6.64. The Kier molecular flexibility index (Phi) is 5.47. The predicted molar refractivity (Wildman–Crippen MR) is 64.7 cm³/mol. The van der Waals surface area contributed by atoms with Gasteiger partial charge in [-0.1, -0.05) is 19.1 Å². The van der Waals surface area contributed by atoms with E-state index in [-0.39, 0.29) is 0 Å². The average Bonchev–Trinajstić information content (AvgIpc) is 2.28. The average molecular weight is 261 g/mol. The minimum absolute atomic E-state index is 0.486. The number of nitrogens with one attached hydrogen (secondary N) is 1. The Morgan fingerprint density at radius 3 is 2.56 bits per heavy atom. The maximum atomic E-state index is 12.5. The van der Waals surface area contributed by atoms with Gasteiger partial charge in [0.05, 0.1) is 13.0 Å². The zero-order chi connectivity index (χ0) is 13.6. The molecular formula is C13H18F3NO. The summed E-state index contributed by atoms with van der Waals surface area (Å²) in [5, 5.41) is 2.85. The number of ether oxygens (including phenoxy) is 1. The molecule has 1 aromatic carbocycles. The van der Waals surface area contributed by atoms with Gasteiger partial charge < -0.3 is 10.1 Å². The van der Waals surface area contributed by atoms with E-state index < -0.39 is 18.6 Å². The molecule has 1 atom stereocenters. The minimum Gasteiger partial charge on any atom is -0.494 e. The van der Waals surface area contributed by atoms with Crippen LogP contribution in [0.1, 0.15) is 31.9 Å². The number of benzene rings is 1. The van der Waals surface area contributed by atoms with Crippen molar-refractivity contribution >= 4 is 0 Å². The number of hydrogen-bond acceptors (Lipinski definition) is 2. The lowest BCUT2D eigenvalue weighted by Gasteiger charge is -2.20. The van der Waals surface area contributed by atoms with Crippen LogP contribution in [-0.2, 0) is 0 Å². The summed E-state index contributed by atoms with van der Waals surface area (Å²) >= 11 is 0. The monoisotopic (exact) mass is 261 g/mol. The molecule has 2 nitrogen and oxygen atoms in total. The maximum Gasteiger partial charge on any atom is 0.390 e. The normalized spacial score (nSPS) is 13.4. The first-order valence-corrected chi connectivity index (χ1v) is 5.99. The van der Waals surface area contributed by atoms with Crippen molar-refractivity contribution in [2.45, 2.75) is 32.5 Å². The van der Waals surface area contributed by atoms with E-state index in [9.17, 15) is 13.2 Å². The number of hydrogen-bond donors (Lipinski definition) is 1. The predicted octanol–water partition coefficient (Wildman–Crippen LogP) is 3.69. The van der Waals surface area contributed by atoms with Crippen LogP contribution in [0.15, 0.2) is 24.3 Å². The lowest BCUT2D eigenvalue weighted by atomic mass is 10.0. The third-order valence-corrected chi connectivity index (χ3v) is 2.46. The summed E-state index contributed by atoms with van der Waals surface area (Å²) in [7, 11) is 0. The molecule has 0 fully saturated rings. The minimum atomic E-state index is -4.19. The molecule has 102 valence electrons. The zero-order valence-corrected chi connectivity index (χ0v) is 10.6. The first-order valence-electron chi connectivity index (χ1n) is 5.99. The fourth-order valence-electron chi connectivity index (χ4n) is 1.77. The lowest BCUT2D eigenvalue weighted by Crippen LogP contribution is -2.26. The fourth-order valence-corrected chi connectivity index (χ4v) is 1.77. The fraction of sp³-hybridized carbons (Fsp3) is 0.538. The smallest absolute Gasteiger partial charge is 0.390 e. The van der Waals surface area contributed by atoms with E-state index in [0.717, 1.165) is 0 Å². The highest BCUT2D eigenvalue weighted by Crippen LogP contribution is 2.30. The van der Waals surface area contributed by atoms with Gasteiger partial charge in [-0.05, 0) is 31.2 Å². The summed E-state index contributed by atoms with van der Waals surface area (Å²) in [5.74, 6) is 0.597. The third-order valence-electron chi connectivity index (χ3n) is 2.46.